The van der Waals surface area contributed by atoms with Crippen LogP contribution in [0.3, 0.4) is 0 Å². The predicted octanol–water partition coefficient (Wildman–Crippen LogP) is 1.70. The third kappa shape index (κ3) is 4.79. The molecule has 0 saturated heterocycles. The molecule has 4 nitrogen and oxygen atoms in total. The van der Waals surface area contributed by atoms with E-state index in [1.54, 1.807) is 7.11 Å². The van der Waals surface area contributed by atoms with E-state index < -0.39 is 0 Å². The van der Waals surface area contributed by atoms with Gasteiger partial charge >= 0.3 is 0 Å². The minimum absolute atomic E-state index is 0.531. The van der Waals surface area contributed by atoms with Crippen LogP contribution in [0.2, 0.25) is 0 Å². The van der Waals surface area contributed by atoms with Crippen molar-refractivity contribution < 1.29 is 14.4 Å². The molecule has 0 aliphatic rings. The molecule has 0 unspecified atom stereocenters. The number of methoxy groups -OCH3 is 1. The maximum atomic E-state index is 9.87. The maximum Gasteiger partial charge on any atom is 0.230 e. The molecule has 1 N–H and O–H groups in total. The largest absolute Gasteiger partial charge is 0.497 e. The smallest absolute Gasteiger partial charge is 0.230 e. The molecule has 0 aliphatic heterocycles. The van der Waals surface area contributed by atoms with Gasteiger partial charge in [-0.25, -0.2) is 5.48 Å². The van der Waals surface area contributed by atoms with Gasteiger partial charge in [0.1, 0.15) is 5.75 Å². The van der Waals surface area contributed by atoms with Gasteiger partial charge in [0.05, 0.1) is 13.7 Å². The van der Waals surface area contributed by atoms with Crippen molar-refractivity contribution in [3.05, 3.63) is 29.8 Å². The summed E-state index contributed by atoms with van der Waals surface area (Å²) in [5, 5.41) is 0. The second-order valence-electron chi connectivity index (χ2n) is 3.39. The molecule has 1 aromatic carbocycles. The van der Waals surface area contributed by atoms with Gasteiger partial charge in [0, 0.05) is 0 Å². The van der Waals surface area contributed by atoms with Crippen molar-refractivity contribution in [2.75, 3.05) is 13.7 Å². The Morgan fingerprint density at radius 3 is 2.62 bits per heavy atom. The van der Waals surface area contributed by atoms with Crippen molar-refractivity contribution in [2.24, 2.45) is 0 Å². The van der Waals surface area contributed by atoms with Gasteiger partial charge in [0.2, 0.25) is 6.41 Å². The number of unbranched alkanes of at least 4 members (excludes halogenated alkanes) is 1. The highest BCUT2D eigenvalue weighted by Gasteiger charge is 1.95. The summed E-state index contributed by atoms with van der Waals surface area (Å²) < 4.78 is 5.08. The SMILES string of the molecule is COc1ccc(CCCCONC=O)cc1. The second-order valence-corrected chi connectivity index (χ2v) is 3.39. The number of hydroxylamine groups is 1. The molecule has 1 aromatic rings. The van der Waals surface area contributed by atoms with Crippen LogP contribution in [0.4, 0.5) is 0 Å². The van der Waals surface area contributed by atoms with E-state index in [4.69, 9.17) is 9.57 Å². The topological polar surface area (TPSA) is 47.6 Å². The second kappa shape index (κ2) is 7.70. The Morgan fingerprint density at radius 2 is 2.00 bits per heavy atom. The lowest BCUT2D eigenvalue weighted by Gasteiger charge is -2.03. The van der Waals surface area contributed by atoms with Gasteiger partial charge in [-0.05, 0) is 37.0 Å². The minimum atomic E-state index is 0.531. The molecule has 1 amide bonds. The Bertz CT molecular complexity index is 298. The summed E-state index contributed by atoms with van der Waals surface area (Å²) in [6, 6.07) is 8.03. The van der Waals surface area contributed by atoms with Crippen LogP contribution in [0.5, 0.6) is 5.75 Å². The summed E-state index contributed by atoms with van der Waals surface area (Å²) in [5.41, 5.74) is 3.45. The van der Waals surface area contributed by atoms with Crippen molar-refractivity contribution in [2.45, 2.75) is 19.3 Å². The molecule has 0 bridgehead atoms. The van der Waals surface area contributed by atoms with Crippen LogP contribution < -0.4 is 10.2 Å². The van der Waals surface area contributed by atoms with Gasteiger partial charge in [-0.1, -0.05) is 12.1 Å². The van der Waals surface area contributed by atoms with E-state index >= 15 is 0 Å². The monoisotopic (exact) mass is 223 g/mol. The van der Waals surface area contributed by atoms with Crippen LogP contribution in [0, 0.1) is 0 Å². The summed E-state index contributed by atoms with van der Waals surface area (Å²) in [6.45, 7) is 0.550. The third-order valence-corrected chi connectivity index (χ3v) is 2.25. The van der Waals surface area contributed by atoms with E-state index in [1.165, 1.54) is 5.56 Å². The number of hydrogen-bond donors (Lipinski definition) is 1. The highest BCUT2D eigenvalue weighted by Crippen LogP contribution is 2.12. The predicted molar refractivity (Wildman–Crippen MR) is 61.1 cm³/mol. The molecule has 0 heterocycles. The van der Waals surface area contributed by atoms with Gasteiger partial charge in [-0.2, -0.15) is 0 Å². The van der Waals surface area contributed by atoms with E-state index in [-0.39, 0.29) is 0 Å². The first-order valence-corrected chi connectivity index (χ1v) is 5.30. The molecule has 88 valence electrons. The highest BCUT2D eigenvalue weighted by molar-refractivity contribution is 5.43. The number of carbonyl (C=O) groups excluding carboxylic acids is 1. The van der Waals surface area contributed by atoms with E-state index in [9.17, 15) is 4.79 Å². The first-order chi connectivity index (χ1) is 7.86. The molecule has 4 heteroatoms. The number of benzene rings is 1. The maximum absolute atomic E-state index is 9.87. The van der Waals surface area contributed by atoms with Gasteiger partial charge in [-0.15, -0.1) is 0 Å². The van der Waals surface area contributed by atoms with Crippen LogP contribution in [0.25, 0.3) is 0 Å². The lowest BCUT2D eigenvalue weighted by molar-refractivity contribution is -0.120. The zero-order chi connectivity index (χ0) is 11.6. The van der Waals surface area contributed by atoms with Gasteiger partial charge in [0.25, 0.3) is 0 Å². The lowest BCUT2D eigenvalue weighted by atomic mass is 10.1. The van der Waals surface area contributed by atoms with E-state index in [1.807, 2.05) is 12.1 Å². The molecule has 1 rings (SSSR count). The molecule has 0 spiro atoms. The average molecular weight is 223 g/mol. The Labute approximate surface area is 95.5 Å². The first-order valence-electron chi connectivity index (χ1n) is 5.30. The summed E-state index contributed by atoms with van der Waals surface area (Å²) >= 11 is 0. The third-order valence-electron chi connectivity index (χ3n) is 2.25. The molecular formula is C12H17NO3. The van der Waals surface area contributed by atoms with Crippen molar-refractivity contribution in [3.63, 3.8) is 0 Å². The van der Waals surface area contributed by atoms with E-state index in [0.717, 1.165) is 25.0 Å². The van der Waals surface area contributed by atoms with E-state index in [2.05, 4.69) is 17.6 Å². The zero-order valence-electron chi connectivity index (χ0n) is 9.44. The molecule has 0 aliphatic carbocycles. The quantitative estimate of drug-likeness (QED) is 0.414. The van der Waals surface area contributed by atoms with Gasteiger partial charge in [-0.3, -0.25) is 9.63 Å². The van der Waals surface area contributed by atoms with Gasteiger partial charge in [0.15, 0.2) is 0 Å². The van der Waals surface area contributed by atoms with Crippen LogP contribution in [0.15, 0.2) is 24.3 Å². The minimum Gasteiger partial charge on any atom is -0.497 e. The van der Waals surface area contributed by atoms with Crippen LogP contribution >= 0.6 is 0 Å². The van der Waals surface area contributed by atoms with Crippen molar-refractivity contribution in [1.82, 2.24) is 5.48 Å². The normalized spacial score (nSPS) is 9.81. The lowest BCUT2D eigenvalue weighted by Crippen LogP contribution is -2.12. The molecule has 0 aromatic heterocycles. The number of carbonyl (C=O) groups is 1. The number of rotatable bonds is 8. The number of nitrogens with one attached hydrogen (secondary N) is 1. The van der Waals surface area contributed by atoms with Crippen molar-refractivity contribution >= 4 is 6.41 Å². The Morgan fingerprint density at radius 1 is 1.25 bits per heavy atom. The standard InChI is InChI=1S/C12H17NO3/c1-15-12-7-5-11(6-8-12)4-2-3-9-16-13-10-14/h5-8,10H,2-4,9H2,1H3,(H,13,14). The average Bonchev–Trinajstić information content (AvgIpc) is 2.34. The van der Waals surface area contributed by atoms with Gasteiger partial charge < -0.3 is 4.74 Å². The zero-order valence-corrected chi connectivity index (χ0v) is 9.44. The Kier molecular flexibility index (Phi) is 6.03. The molecule has 16 heavy (non-hydrogen) atoms. The van der Waals surface area contributed by atoms with Crippen molar-refractivity contribution in [1.29, 1.82) is 0 Å². The van der Waals surface area contributed by atoms with Crippen LogP contribution in [-0.4, -0.2) is 20.1 Å². The number of amides is 1. The summed E-state index contributed by atoms with van der Waals surface area (Å²) in [4.78, 5) is 14.7. The fraction of sp³-hybridized carbons (Fsp3) is 0.417. The van der Waals surface area contributed by atoms with Crippen molar-refractivity contribution in [3.8, 4) is 5.75 Å². The molecular weight excluding hydrogens is 206 g/mol. The molecule has 0 atom stereocenters. The molecule has 0 radical (unpaired) electrons. The van der Waals surface area contributed by atoms with Crippen LogP contribution in [0.1, 0.15) is 18.4 Å². The summed E-state index contributed by atoms with van der Waals surface area (Å²) in [7, 11) is 1.66. The fourth-order valence-electron chi connectivity index (χ4n) is 1.39. The number of aryl methyl sites for hydroxylation is 1. The summed E-state index contributed by atoms with van der Waals surface area (Å²) in [5.74, 6) is 0.877. The molecule has 0 saturated carbocycles. The highest BCUT2D eigenvalue weighted by atomic mass is 16.6. The van der Waals surface area contributed by atoms with E-state index in [0.29, 0.717) is 13.0 Å². The number of hydrogen-bond acceptors (Lipinski definition) is 3. The molecule has 0 fully saturated rings. The van der Waals surface area contributed by atoms with Crippen LogP contribution in [-0.2, 0) is 16.1 Å². The first kappa shape index (κ1) is 12.5. The Hall–Kier alpha value is -1.55. The number of ether oxygens (including phenoxy) is 1. The fourth-order valence-corrected chi connectivity index (χ4v) is 1.39. The Balaban J connectivity index is 2.14. The summed E-state index contributed by atoms with van der Waals surface area (Å²) in [6.07, 6.45) is 3.50.